The molecule has 0 N–H and O–H groups in total. The van der Waals surface area contributed by atoms with E-state index in [1.165, 1.54) is 22.3 Å². The molecule has 0 saturated heterocycles. The Morgan fingerprint density at radius 1 is 1.00 bits per heavy atom. The van der Waals surface area contributed by atoms with Crippen molar-refractivity contribution >= 4 is 15.9 Å². The van der Waals surface area contributed by atoms with Gasteiger partial charge in [0.1, 0.15) is 0 Å². The second-order valence-corrected chi connectivity index (χ2v) is 5.72. The number of rotatable bonds is 2. The highest BCUT2D eigenvalue weighted by Gasteiger charge is 2.15. The van der Waals surface area contributed by atoms with Crippen molar-refractivity contribution in [2.24, 2.45) is 0 Å². The van der Waals surface area contributed by atoms with Gasteiger partial charge in [0.25, 0.3) is 0 Å². The first-order chi connectivity index (χ1) is 6.43. The smallest absolute Gasteiger partial charge is 0.0183 e. The van der Waals surface area contributed by atoms with Gasteiger partial charge >= 0.3 is 0 Å². The first-order valence-corrected chi connectivity index (χ1v) is 6.07. The van der Waals surface area contributed by atoms with Gasteiger partial charge in [-0.15, -0.1) is 0 Å². The summed E-state index contributed by atoms with van der Waals surface area (Å²) in [6, 6.07) is 4.54. The molecule has 78 valence electrons. The highest BCUT2D eigenvalue weighted by Crippen LogP contribution is 2.30. The van der Waals surface area contributed by atoms with E-state index in [9.17, 15) is 0 Å². The van der Waals surface area contributed by atoms with Crippen LogP contribution in [-0.4, -0.2) is 4.83 Å². The summed E-state index contributed by atoms with van der Waals surface area (Å²) >= 11 is 3.66. The zero-order valence-corrected chi connectivity index (χ0v) is 11.3. The van der Waals surface area contributed by atoms with E-state index < -0.39 is 0 Å². The molecule has 1 heteroatoms. The molecule has 1 aromatic carbocycles. The van der Waals surface area contributed by atoms with Gasteiger partial charge < -0.3 is 0 Å². The molecule has 0 aliphatic carbocycles. The number of halogens is 1. The maximum absolute atomic E-state index is 3.66. The highest BCUT2D eigenvalue weighted by atomic mass is 79.9. The third-order valence-electron chi connectivity index (χ3n) is 2.88. The first kappa shape index (κ1) is 11.8. The maximum Gasteiger partial charge on any atom is 0.0183 e. The Morgan fingerprint density at radius 3 is 1.79 bits per heavy atom. The van der Waals surface area contributed by atoms with Gasteiger partial charge in [-0.05, 0) is 43.4 Å². The molecule has 0 bridgehead atoms. The monoisotopic (exact) mass is 254 g/mol. The predicted octanol–water partition coefficient (Wildman–Crippen LogP) is 4.50. The zero-order chi connectivity index (χ0) is 10.9. The van der Waals surface area contributed by atoms with Gasteiger partial charge in [0.15, 0.2) is 0 Å². The number of aryl methyl sites for hydroxylation is 3. The normalized spacial score (nSPS) is 15.3. The minimum atomic E-state index is 0.530. The van der Waals surface area contributed by atoms with Gasteiger partial charge in [0.2, 0.25) is 0 Å². The Morgan fingerprint density at radius 2 is 1.43 bits per heavy atom. The summed E-state index contributed by atoms with van der Waals surface area (Å²) in [6.45, 7) is 11.1. The Bertz CT molecular complexity index is 303. The molecule has 0 spiro atoms. The minimum absolute atomic E-state index is 0.530. The molecule has 0 radical (unpaired) electrons. The van der Waals surface area contributed by atoms with E-state index in [-0.39, 0.29) is 0 Å². The fraction of sp³-hybridized carbons (Fsp3) is 0.538. The largest absolute Gasteiger partial charge is 0.0887 e. The lowest BCUT2D eigenvalue weighted by atomic mass is 9.89. The molecule has 0 aromatic heterocycles. The van der Waals surface area contributed by atoms with Crippen molar-refractivity contribution in [3.63, 3.8) is 0 Å². The van der Waals surface area contributed by atoms with Gasteiger partial charge in [-0.2, -0.15) is 0 Å². The molecule has 0 heterocycles. The van der Waals surface area contributed by atoms with Crippen molar-refractivity contribution in [3.05, 3.63) is 34.4 Å². The van der Waals surface area contributed by atoms with Crippen LogP contribution in [0.3, 0.4) is 0 Å². The summed E-state index contributed by atoms with van der Waals surface area (Å²) in [4.78, 5) is 0.530. The fourth-order valence-electron chi connectivity index (χ4n) is 2.14. The van der Waals surface area contributed by atoms with E-state index in [0.717, 1.165) is 0 Å². The molecule has 0 saturated carbocycles. The average Bonchev–Trinajstić information content (AvgIpc) is 2.01. The van der Waals surface area contributed by atoms with Gasteiger partial charge in [0, 0.05) is 4.83 Å². The summed E-state index contributed by atoms with van der Waals surface area (Å²) in [5.41, 5.74) is 5.70. The lowest BCUT2D eigenvalue weighted by Crippen LogP contribution is -2.08. The van der Waals surface area contributed by atoms with Crippen LogP contribution in [0.2, 0.25) is 0 Å². The number of benzene rings is 1. The standard InChI is InChI=1S/C13H19Br/c1-8-6-9(2)13(10(3)7-8)11(4)12(5)14/h6-7,11-12H,1-5H3. The van der Waals surface area contributed by atoms with E-state index in [0.29, 0.717) is 10.7 Å². The summed E-state index contributed by atoms with van der Waals surface area (Å²) in [7, 11) is 0. The van der Waals surface area contributed by atoms with Crippen LogP contribution >= 0.6 is 15.9 Å². The number of alkyl halides is 1. The topological polar surface area (TPSA) is 0 Å². The molecular weight excluding hydrogens is 236 g/mol. The van der Waals surface area contributed by atoms with Crippen LogP contribution < -0.4 is 0 Å². The molecule has 0 amide bonds. The van der Waals surface area contributed by atoms with Gasteiger partial charge in [0.05, 0.1) is 0 Å². The van der Waals surface area contributed by atoms with Crippen molar-refractivity contribution in [3.8, 4) is 0 Å². The van der Waals surface area contributed by atoms with Crippen LogP contribution in [0.25, 0.3) is 0 Å². The van der Waals surface area contributed by atoms with Crippen molar-refractivity contribution < 1.29 is 0 Å². The van der Waals surface area contributed by atoms with E-state index in [4.69, 9.17) is 0 Å². The molecule has 2 atom stereocenters. The quantitative estimate of drug-likeness (QED) is 0.682. The van der Waals surface area contributed by atoms with Gasteiger partial charge in [-0.25, -0.2) is 0 Å². The molecule has 0 aliphatic heterocycles. The Labute approximate surface area is 95.9 Å². The second kappa shape index (κ2) is 4.48. The fourth-order valence-corrected chi connectivity index (χ4v) is 2.40. The van der Waals surface area contributed by atoms with Crippen molar-refractivity contribution in [1.82, 2.24) is 0 Å². The van der Waals surface area contributed by atoms with Crippen LogP contribution in [0.15, 0.2) is 12.1 Å². The van der Waals surface area contributed by atoms with Crippen LogP contribution in [0.5, 0.6) is 0 Å². The van der Waals surface area contributed by atoms with Crippen molar-refractivity contribution in [2.45, 2.75) is 45.4 Å². The molecular formula is C13H19Br. The van der Waals surface area contributed by atoms with Gasteiger partial charge in [-0.3, -0.25) is 0 Å². The SMILES string of the molecule is Cc1cc(C)c(C(C)C(C)Br)c(C)c1. The lowest BCUT2D eigenvalue weighted by molar-refractivity contribution is 0.749. The second-order valence-electron chi connectivity index (χ2n) is 4.28. The summed E-state index contributed by atoms with van der Waals surface area (Å²) in [5.74, 6) is 0.579. The van der Waals surface area contributed by atoms with E-state index >= 15 is 0 Å². The van der Waals surface area contributed by atoms with E-state index in [1.807, 2.05) is 0 Å². The molecule has 0 aliphatic rings. The molecule has 14 heavy (non-hydrogen) atoms. The third kappa shape index (κ3) is 2.38. The van der Waals surface area contributed by atoms with Crippen LogP contribution in [-0.2, 0) is 0 Å². The van der Waals surface area contributed by atoms with Crippen molar-refractivity contribution in [1.29, 1.82) is 0 Å². The number of hydrogen-bond acceptors (Lipinski definition) is 0. The average molecular weight is 255 g/mol. The molecule has 0 nitrogen and oxygen atoms in total. The predicted molar refractivity (Wildman–Crippen MR) is 67.5 cm³/mol. The molecule has 0 fully saturated rings. The van der Waals surface area contributed by atoms with Crippen LogP contribution in [0, 0.1) is 20.8 Å². The zero-order valence-electron chi connectivity index (χ0n) is 9.69. The molecule has 2 unspecified atom stereocenters. The molecule has 1 aromatic rings. The highest BCUT2D eigenvalue weighted by molar-refractivity contribution is 9.09. The minimum Gasteiger partial charge on any atom is -0.0887 e. The van der Waals surface area contributed by atoms with Crippen molar-refractivity contribution in [2.75, 3.05) is 0 Å². The Kier molecular flexibility index (Phi) is 3.77. The first-order valence-electron chi connectivity index (χ1n) is 5.15. The lowest BCUT2D eigenvalue weighted by Gasteiger charge is -2.20. The van der Waals surface area contributed by atoms with Crippen LogP contribution in [0.1, 0.15) is 42.0 Å². The van der Waals surface area contributed by atoms with E-state index in [1.54, 1.807) is 0 Å². The molecule has 1 rings (SSSR count). The van der Waals surface area contributed by atoms with Crippen LogP contribution in [0.4, 0.5) is 0 Å². The maximum atomic E-state index is 3.66. The summed E-state index contributed by atoms with van der Waals surface area (Å²) in [5, 5.41) is 0. The van der Waals surface area contributed by atoms with Gasteiger partial charge in [-0.1, -0.05) is 47.5 Å². The Hall–Kier alpha value is -0.300. The number of hydrogen-bond donors (Lipinski definition) is 0. The summed E-state index contributed by atoms with van der Waals surface area (Å²) in [6.07, 6.45) is 0. The third-order valence-corrected chi connectivity index (χ3v) is 3.68. The van der Waals surface area contributed by atoms with E-state index in [2.05, 4.69) is 62.7 Å². The summed E-state index contributed by atoms with van der Waals surface area (Å²) < 4.78 is 0. The Balaban J connectivity index is 3.20.